The molecule has 4 rings (SSSR count). The zero-order valence-corrected chi connectivity index (χ0v) is 17.7. The van der Waals surface area contributed by atoms with E-state index in [1.165, 1.54) is 16.9 Å². The van der Waals surface area contributed by atoms with Gasteiger partial charge in [-0.3, -0.25) is 4.79 Å². The third kappa shape index (κ3) is 4.11. The number of aryl methyl sites for hydroxylation is 1. The molecule has 1 fully saturated rings. The van der Waals surface area contributed by atoms with E-state index < -0.39 is 0 Å². The summed E-state index contributed by atoms with van der Waals surface area (Å²) in [5.41, 5.74) is 1.98. The van der Waals surface area contributed by atoms with Crippen molar-refractivity contribution in [3.8, 4) is 0 Å². The minimum atomic E-state index is -0.231. The van der Waals surface area contributed by atoms with Gasteiger partial charge in [0.15, 0.2) is 10.2 Å². The number of nitrogens with one attached hydrogen (secondary N) is 1. The summed E-state index contributed by atoms with van der Waals surface area (Å²) < 4.78 is 0.901. The minimum absolute atomic E-state index is 0.231. The Morgan fingerprint density at radius 3 is 2.57 bits per heavy atom. The molecule has 0 radical (unpaired) electrons. The first-order chi connectivity index (χ1) is 13.5. The van der Waals surface area contributed by atoms with E-state index >= 15 is 0 Å². The SMILES string of the molecule is Cc1ccc(NC(=S)N2CCN(c3nc(=O)c4cc(Cl)ccc4s3)CC2)cc1. The lowest BCUT2D eigenvalue weighted by molar-refractivity contribution is 0.390. The molecule has 1 aliphatic heterocycles. The molecule has 144 valence electrons. The minimum Gasteiger partial charge on any atom is -0.345 e. The fourth-order valence-electron chi connectivity index (χ4n) is 3.10. The highest BCUT2D eigenvalue weighted by molar-refractivity contribution is 7.80. The van der Waals surface area contributed by atoms with Crippen LogP contribution in [0.1, 0.15) is 5.56 Å². The van der Waals surface area contributed by atoms with Crippen LogP contribution in [0.25, 0.3) is 10.1 Å². The number of rotatable bonds is 2. The van der Waals surface area contributed by atoms with Crippen molar-refractivity contribution in [2.24, 2.45) is 0 Å². The van der Waals surface area contributed by atoms with Gasteiger partial charge in [-0.15, -0.1) is 0 Å². The van der Waals surface area contributed by atoms with E-state index in [0.717, 1.165) is 46.8 Å². The van der Waals surface area contributed by atoms with Crippen LogP contribution in [0, 0.1) is 6.92 Å². The molecule has 0 spiro atoms. The summed E-state index contributed by atoms with van der Waals surface area (Å²) in [6, 6.07) is 13.5. The number of nitrogens with zero attached hydrogens (tertiary/aromatic N) is 3. The molecule has 1 saturated heterocycles. The number of piperazine rings is 1. The first kappa shape index (κ1) is 19.1. The van der Waals surface area contributed by atoms with Gasteiger partial charge in [-0.1, -0.05) is 40.6 Å². The predicted molar refractivity (Wildman–Crippen MR) is 122 cm³/mol. The fourth-order valence-corrected chi connectivity index (χ4v) is 4.60. The van der Waals surface area contributed by atoms with Crippen LogP contribution in [-0.2, 0) is 0 Å². The van der Waals surface area contributed by atoms with Crippen molar-refractivity contribution < 1.29 is 0 Å². The summed E-state index contributed by atoms with van der Waals surface area (Å²) in [4.78, 5) is 20.9. The number of aromatic nitrogens is 1. The van der Waals surface area contributed by atoms with Crippen LogP contribution < -0.4 is 15.8 Å². The molecule has 0 bridgehead atoms. The van der Waals surface area contributed by atoms with E-state index in [9.17, 15) is 4.79 Å². The van der Waals surface area contributed by atoms with Crippen molar-refractivity contribution in [2.45, 2.75) is 6.92 Å². The van der Waals surface area contributed by atoms with Crippen LogP contribution >= 0.6 is 35.2 Å². The molecule has 0 amide bonds. The summed E-state index contributed by atoms with van der Waals surface area (Å²) in [5.74, 6) is 0. The number of anilines is 2. The maximum absolute atomic E-state index is 12.4. The quantitative estimate of drug-likeness (QED) is 0.616. The van der Waals surface area contributed by atoms with Crippen molar-refractivity contribution >= 4 is 61.2 Å². The molecule has 1 aromatic heterocycles. The Morgan fingerprint density at radius 2 is 1.86 bits per heavy atom. The molecule has 8 heteroatoms. The van der Waals surface area contributed by atoms with Gasteiger partial charge in [0, 0.05) is 41.6 Å². The van der Waals surface area contributed by atoms with Crippen molar-refractivity contribution in [1.82, 2.24) is 9.88 Å². The van der Waals surface area contributed by atoms with Crippen LogP contribution in [-0.4, -0.2) is 41.2 Å². The Morgan fingerprint density at radius 1 is 1.14 bits per heavy atom. The number of fused-ring (bicyclic) bond motifs is 1. The Balaban J connectivity index is 1.43. The van der Waals surface area contributed by atoms with Crippen molar-refractivity contribution in [3.05, 3.63) is 63.4 Å². The number of hydrogen-bond acceptors (Lipinski definition) is 5. The highest BCUT2D eigenvalue weighted by Gasteiger charge is 2.21. The zero-order valence-electron chi connectivity index (χ0n) is 15.3. The average molecular weight is 431 g/mol. The second kappa shape index (κ2) is 8.03. The van der Waals surface area contributed by atoms with Gasteiger partial charge < -0.3 is 15.1 Å². The molecular weight excluding hydrogens is 412 g/mol. The topological polar surface area (TPSA) is 48.5 Å². The van der Waals surface area contributed by atoms with Crippen molar-refractivity contribution in [1.29, 1.82) is 0 Å². The number of benzene rings is 2. The molecule has 2 heterocycles. The highest BCUT2D eigenvalue weighted by Crippen LogP contribution is 2.26. The monoisotopic (exact) mass is 430 g/mol. The van der Waals surface area contributed by atoms with E-state index in [1.807, 2.05) is 18.2 Å². The Bertz CT molecular complexity index is 1080. The molecule has 5 nitrogen and oxygen atoms in total. The van der Waals surface area contributed by atoms with Crippen molar-refractivity contribution in [2.75, 3.05) is 36.4 Å². The molecule has 28 heavy (non-hydrogen) atoms. The molecule has 1 N–H and O–H groups in total. The molecule has 0 unspecified atom stereocenters. The second-order valence-corrected chi connectivity index (χ2v) is 8.54. The molecule has 1 aliphatic rings. The van der Waals surface area contributed by atoms with E-state index in [4.69, 9.17) is 23.8 Å². The number of halogens is 1. The van der Waals surface area contributed by atoms with Crippen LogP contribution in [0.3, 0.4) is 0 Å². The Labute approximate surface area is 177 Å². The van der Waals surface area contributed by atoms with Gasteiger partial charge in [0.05, 0.1) is 5.39 Å². The van der Waals surface area contributed by atoms with Gasteiger partial charge in [-0.25, -0.2) is 0 Å². The van der Waals surface area contributed by atoms with Crippen molar-refractivity contribution in [3.63, 3.8) is 0 Å². The summed E-state index contributed by atoms with van der Waals surface area (Å²) in [6.45, 7) is 5.14. The van der Waals surface area contributed by atoms with Gasteiger partial charge in [-0.05, 0) is 49.5 Å². The largest absolute Gasteiger partial charge is 0.345 e. The zero-order chi connectivity index (χ0) is 19.7. The van der Waals surface area contributed by atoms with Crippen LogP contribution in [0.2, 0.25) is 5.02 Å². The predicted octanol–water partition coefficient (Wildman–Crippen LogP) is 4.14. The van der Waals surface area contributed by atoms with Gasteiger partial charge in [0.25, 0.3) is 5.56 Å². The molecule has 2 aromatic carbocycles. The van der Waals surface area contributed by atoms with Gasteiger partial charge in [-0.2, -0.15) is 4.98 Å². The summed E-state index contributed by atoms with van der Waals surface area (Å²) >= 11 is 13.1. The lowest BCUT2D eigenvalue weighted by Gasteiger charge is -2.36. The van der Waals surface area contributed by atoms with Gasteiger partial charge >= 0.3 is 0 Å². The van der Waals surface area contributed by atoms with E-state index in [2.05, 4.69) is 39.2 Å². The molecule has 0 saturated carbocycles. The summed E-state index contributed by atoms with van der Waals surface area (Å²) in [5, 5.41) is 5.89. The average Bonchev–Trinajstić information content (AvgIpc) is 2.70. The molecule has 0 aliphatic carbocycles. The third-order valence-corrected chi connectivity index (χ3v) is 6.41. The van der Waals surface area contributed by atoms with Crippen LogP contribution in [0.4, 0.5) is 10.8 Å². The lowest BCUT2D eigenvalue weighted by atomic mass is 10.2. The first-order valence-electron chi connectivity index (χ1n) is 8.97. The maximum atomic E-state index is 12.4. The van der Waals surface area contributed by atoms with Crippen LogP contribution in [0.15, 0.2) is 47.3 Å². The third-order valence-electron chi connectivity index (χ3n) is 4.71. The summed E-state index contributed by atoms with van der Waals surface area (Å²) in [6.07, 6.45) is 0. The van der Waals surface area contributed by atoms with E-state index in [1.54, 1.807) is 12.1 Å². The smallest absolute Gasteiger partial charge is 0.281 e. The van der Waals surface area contributed by atoms with Gasteiger partial charge in [0.1, 0.15) is 0 Å². The Kier molecular flexibility index (Phi) is 5.48. The summed E-state index contributed by atoms with van der Waals surface area (Å²) in [7, 11) is 0. The Hall–Kier alpha value is -2.22. The normalized spacial score (nSPS) is 14.4. The second-order valence-electron chi connectivity index (χ2n) is 6.71. The standard InChI is InChI=1S/C20H19ClN4OS2/c1-13-2-5-15(6-3-13)22-19(27)24-8-10-25(11-9-24)20-23-18(26)16-12-14(21)4-7-17(16)28-20/h2-7,12H,8-11H2,1H3,(H,22,27). The maximum Gasteiger partial charge on any atom is 0.281 e. The van der Waals surface area contributed by atoms with E-state index in [0.29, 0.717) is 10.4 Å². The number of thiocarbonyl (C=S) groups is 1. The molecule has 0 atom stereocenters. The number of hydrogen-bond donors (Lipinski definition) is 1. The van der Waals surface area contributed by atoms with Gasteiger partial charge in [0.2, 0.25) is 0 Å². The lowest BCUT2D eigenvalue weighted by Crippen LogP contribution is -2.50. The fraction of sp³-hybridized carbons (Fsp3) is 0.250. The molecular formula is C20H19ClN4OS2. The first-order valence-corrected chi connectivity index (χ1v) is 10.6. The van der Waals surface area contributed by atoms with E-state index in [-0.39, 0.29) is 5.56 Å². The molecule has 3 aromatic rings. The highest BCUT2D eigenvalue weighted by atomic mass is 35.5. The van der Waals surface area contributed by atoms with Crippen LogP contribution in [0.5, 0.6) is 0 Å².